The van der Waals surface area contributed by atoms with Gasteiger partial charge in [0.05, 0.1) is 6.61 Å². The van der Waals surface area contributed by atoms with E-state index < -0.39 is 6.10 Å². The maximum Gasteiger partial charge on any atom is 0.271 e. The lowest BCUT2D eigenvalue weighted by Crippen LogP contribution is -2.61. The lowest BCUT2D eigenvalue weighted by molar-refractivity contribution is -0.135. The molecule has 0 spiro atoms. The molecular weight excluding hydrogens is 438 g/mol. The second kappa shape index (κ2) is 10.3. The minimum absolute atomic E-state index is 0.0646. The molecule has 176 valence electrons. The van der Waals surface area contributed by atoms with Gasteiger partial charge in [0.25, 0.3) is 5.91 Å². The van der Waals surface area contributed by atoms with Gasteiger partial charge < -0.3 is 14.6 Å². The van der Waals surface area contributed by atoms with Gasteiger partial charge in [0.1, 0.15) is 23.3 Å². The van der Waals surface area contributed by atoms with Crippen molar-refractivity contribution < 1.29 is 19.4 Å². The molecule has 35 heavy (non-hydrogen) atoms. The molecule has 0 unspecified atom stereocenters. The number of anilines is 1. The zero-order chi connectivity index (χ0) is 24.0. The first kappa shape index (κ1) is 22.5. The number of nitrogens with zero attached hydrogens (tertiary/aromatic N) is 1. The summed E-state index contributed by atoms with van der Waals surface area (Å²) in [5.41, 5.74) is 3.01. The smallest absolute Gasteiger partial charge is 0.271 e. The summed E-state index contributed by atoms with van der Waals surface area (Å²) < 4.78 is 12.0. The Balaban J connectivity index is 1.24. The van der Waals surface area contributed by atoms with Crippen LogP contribution in [0.4, 0.5) is 5.69 Å². The van der Waals surface area contributed by atoms with E-state index in [2.05, 4.69) is 0 Å². The van der Waals surface area contributed by atoms with Gasteiger partial charge in [-0.15, -0.1) is 0 Å². The highest BCUT2D eigenvalue weighted by molar-refractivity contribution is 6.05. The van der Waals surface area contributed by atoms with E-state index in [1.807, 2.05) is 97.1 Å². The normalized spacial score (nSPS) is 17.0. The molecular formula is C30H27NO4. The van der Waals surface area contributed by atoms with Gasteiger partial charge in [0.15, 0.2) is 0 Å². The SMILES string of the molecule is O=C1[C@@H](Oc2ccccc2)[C@@H](c2ccccc2)N1c1ccc(OCCCc2ccc(O)cc2)cc1. The predicted octanol–water partition coefficient (Wildman–Crippen LogP) is 5.94. The van der Waals surface area contributed by atoms with Gasteiger partial charge in [0.2, 0.25) is 6.10 Å². The second-order valence-electron chi connectivity index (χ2n) is 8.53. The number of carbonyl (C=O) groups is 1. The van der Waals surface area contributed by atoms with Gasteiger partial charge in [-0.1, -0.05) is 60.7 Å². The third-order valence-electron chi connectivity index (χ3n) is 6.12. The zero-order valence-corrected chi connectivity index (χ0v) is 19.3. The Morgan fingerprint density at radius 1 is 0.743 bits per heavy atom. The van der Waals surface area contributed by atoms with Crippen LogP contribution in [0.25, 0.3) is 0 Å². The molecule has 1 aliphatic rings. The molecule has 2 atom stereocenters. The number of phenols is 1. The van der Waals surface area contributed by atoms with Crippen molar-refractivity contribution in [1.82, 2.24) is 0 Å². The van der Waals surface area contributed by atoms with Crippen LogP contribution in [-0.4, -0.2) is 23.7 Å². The van der Waals surface area contributed by atoms with Crippen LogP contribution in [0.1, 0.15) is 23.6 Å². The monoisotopic (exact) mass is 465 g/mol. The number of hydrogen-bond donors (Lipinski definition) is 1. The number of para-hydroxylation sites is 1. The van der Waals surface area contributed by atoms with E-state index in [-0.39, 0.29) is 17.7 Å². The fourth-order valence-corrected chi connectivity index (χ4v) is 4.32. The number of benzene rings is 4. The molecule has 0 bridgehead atoms. The molecule has 1 saturated heterocycles. The van der Waals surface area contributed by atoms with Crippen LogP contribution in [0.5, 0.6) is 17.2 Å². The summed E-state index contributed by atoms with van der Waals surface area (Å²) in [7, 11) is 0. The fraction of sp³-hybridized carbons (Fsp3) is 0.167. The number of hydrogen-bond acceptors (Lipinski definition) is 4. The van der Waals surface area contributed by atoms with Gasteiger partial charge in [-0.05, 0) is 72.5 Å². The Morgan fingerprint density at radius 2 is 1.40 bits per heavy atom. The summed E-state index contributed by atoms with van der Waals surface area (Å²) in [6.07, 6.45) is 1.17. The minimum Gasteiger partial charge on any atom is -0.508 e. The number of aromatic hydroxyl groups is 1. The topological polar surface area (TPSA) is 59.0 Å². The maximum absolute atomic E-state index is 13.2. The third kappa shape index (κ3) is 5.14. The maximum atomic E-state index is 13.2. The molecule has 0 saturated carbocycles. The number of aryl methyl sites for hydroxylation is 1. The van der Waals surface area contributed by atoms with E-state index in [0.717, 1.165) is 35.4 Å². The van der Waals surface area contributed by atoms with Crippen molar-refractivity contribution in [3.63, 3.8) is 0 Å². The van der Waals surface area contributed by atoms with Gasteiger partial charge in [-0.2, -0.15) is 0 Å². The molecule has 4 aromatic carbocycles. The lowest BCUT2D eigenvalue weighted by atomic mass is 9.89. The molecule has 0 radical (unpaired) electrons. The van der Waals surface area contributed by atoms with Crippen LogP contribution < -0.4 is 14.4 Å². The highest BCUT2D eigenvalue weighted by Gasteiger charge is 2.51. The van der Waals surface area contributed by atoms with E-state index >= 15 is 0 Å². The highest BCUT2D eigenvalue weighted by atomic mass is 16.5. The predicted molar refractivity (Wildman–Crippen MR) is 136 cm³/mol. The van der Waals surface area contributed by atoms with Crippen molar-refractivity contribution in [3.8, 4) is 17.2 Å². The molecule has 0 aromatic heterocycles. The van der Waals surface area contributed by atoms with Crippen molar-refractivity contribution in [2.24, 2.45) is 0 Å². The molecule has 0 aliphatic carbocycles. The molecule has 5 rings (SSSR count). The highest BCUT2D eigenvalue weighted by Crippen LogP contribution is 2.41. The van der Waals surface area contributed by atoms with E-state index in [0.29, 0.717) is 12.4 Å². The number of rotatable bonds is 9. The minimum atomic E-state index is -0.573. The van der Waals surface area contributed by atoms with Crippen molar-refractivity contribution in [2.75, 3.05) is 11.5 Å². The first-order chi connectivity index (χ1) is 17.2. The standard InChI is InChI=1S/C30H27NO4/c32-25-17-13-22(14-18-25)8-7-21-34-26-19-15-24(16-20-26)31-28(23-9-3-1-4-10-23)29(30(31)33)35-27-11-5-2-6-12-27/h1-6,9-20,28-29,32H,7-8,21H2/t28-,29+/m1/s1. The molecule has 1 fully saturated rings. The van der Waals surface area contributed by atoms with Crippen LogP contribution in [0, 0.1) is 0 Å². The number of phenolic OH excluding ortho intramolecular Hbond substituents is 1. The van der Waals surface area contributed by atoms with E-state index in [1.165, 1.54) is 0 Å². The van der Waals surface area contributed by atoms with E-state index in [9.17, 15) is 9.90 Å². The number of β-lactam (4-membered cyclic amide) rings is 1. The van der Waals surface area contributed by atoms with Gasteiger partial charge in [-0.25, -0.2) is 0 Å². The van der Waals surface area contributed by atoms with Crippen molar-refractivity contribution in [2.45, 2.75) is 25.0 Å². The number of carbonyl (C=O) groups excluding carboxylic acids is 1. The van der Waals surface area contributed by atoms with Gasteiger partial charge in [0, 0.05) is 5.69 Å². The van der Waals surface area contributed by atoms with Crippen LogP contribution in [0.3, 0.4) is 0 Å². The van der Waals surface area contributed by atoms with Crippen LogP contribution in [0.2, 0.25) is 0 Å². The summed E-state index contributed by atoms with van der Waals surface area (Å²) in [4.78, 5) is 14.9. The Labute approximate surface area is 205 Å². The first-order valence-electron chi connectivity index (χ1n) is 11.8. The summed E-state index contributed by atoms with van der Waals surface area (Å²) in [6, 6.07) is 34.1. The summed E-state index contributed by atoms with van der Waals surface area (Å²) >= 11 is 0. The van der Waals surface area contributed by atoms with Crippen molar-refractivity contribution >= 4 is 11.6 Å². The van der Waals surface area contributed by atoms with Gasteiger partial charge >= 0.3 is 0 Å². The van der Waals surface area contributed by atoms with Gasteiger partial charge in [-0.3, -0.25) is 9.69 Å². The Hall–Kier alpha value is -4.25. The summed E-state index contributed by atoms with van der Waals surface area (Å²) in [6.45, 7) is 0.586. The van der Waals surface area contributed by atoms with E-state index in [1.54, 1.807) is 17.0 Å². The fourth-order valence-electron chi connectivity index (χ4n) is 4.32. The molecule has 1 heterocycles. The first-order valence-corrected chi connectivity index (χ1v) is 11.8. The molecule has 1 amide bonds. The summed E-state index contributed by atoms with van der Waals surface area (Å²) in [5.74, 6) is 1.66. The third-order valence-corrected chi connectivity index (χ3v) is 6.12. The molecule has 4 aromatic rings. The van der Waals surface area contributed by atoms with Crippen LogP contribution in [-0.2, 0) is 11.2 Å². The molecule has 1 N–H and O–H groups in total. The summed E-state index contributed by atoms with van der Waals surface area (Å²) in [5, 5.41) is 9.38. The second-order valence-corrected chi connectivity index (χ2v) is 8.53. The Morgan fingerprint density at radius 3 is 2.09 bits per heavy atom. The zero-order valence-electron chi connectivity index (χ0n) is 19.3. The van der Waals surface area contributed by atoms with Crippen LogP contribution in [0.15, 0.2) is 109 Å². The van der Waals surface area contributed by atoms with Crippen LogP contribution >= 0.6 is 0 Å². The van der Waals surface area contributed by atoms with Crippen molar-refractivity contribution in [3.05, 3.63) is 120 Å². The van der Waals surface area contributed by atoms with E-state index in [4.69, 9.17) is 9.47 Å². The molecule has 1 aliphatic heterocycles. The van der Waals surface area contributed by atoms with Crippen molar-refractivity contribution in [1.29, 1.82) is 0 Å². The Kier molecular flexibility index (Phi) is 6.66. The average molecular weight is 466 g/mol. The lowest BCUT2D eigenvalue weighted by Gasteiger charge is -2.46. The number of ether oxygens (including phenoxy) is 2. The number of amides is 1. The largest absolute Gasteiger partial charge is 0.508 e. The molecule has 5 nitrogen and oxygen atoms in total. The average Bonchev–Trinajstić information content (AvgIpc) is 2.91. The molecule has 5 heteroatoms. The quantitative estimate of drug-likeness (QED) is 0.246. The Bertz CT molecular complexity index is 1240.